The molecular weight excluding hydrogens is 190 g/mol. The number of fused-ring (bicyclic) bond motifs is 1. The quantitative estimate of drug-likeness (QED) is 0.535. The van der Waals surface area contributed by atoms with E-state index in [4.69, 9.17) is 0 Å². The molecule has 0 saturated carbocycles. The SMILES string of the molecule is Cc1cc2c(C)[nH+]ccc2s1.[Cl-]. The van der Waals surface area contributed by atoms with Crippen molar-refractivity contribution in [1.29, 1.82) is 0 Å². The summed E-state index contributed by atoms with van der Waals surface area (Å²) in [5.41, 5.74) is 1.26. The van der Waals surface area contributed by atoms with E-state index in [1.807, 2.05) is 17.5 Å². The molecule has 64 valence electrons. The van der Waals surface area contributed by atoms with Gasteiger partial charge in [-0.3, -0.25) is 0 Å². The second-order valence-electron chi connectivity index (χ2n) is 2.74. The maximum atomic E-state index is 3.19. The van der Waals surface area contributed by atoms with Crippen LogP contribution in [0, 0.1) is 13.8 Å². The Labute approximate surface area is 81.9 Å². The lowest BCUT2D eigenvalue weighted by Crippen LogP contribution is -3.00. The molecule has 2 rings (SSSR count). The Hall–Kier alpha value is -0.600. The molecule has 0 unspecified atom stereocenters. The second kappa shape index (κ2) is 3.42. The number of hydrogen-bond donors (Lipinski definition) is 0. The zero-order chi connectivity index (χ0) is 7.84. The van der Waals surface area contributed by atoms with Crippen molar-refractivity contribution in [2.75, 3.05) is 0 Å². The van der Waals surface area contributed by atoms with Crippen molar-refractivity contribution in [3.8, 4) is 0 Å². The summed E-state index contributed by atoms with van der Waals surface area (Å²) in [6, 6.07) is 4.35. The highest BCUT2D eigenvalue weighted by atomic mass is 35.5. The first kappa shape index (κ1) is 9.49. The lowest BCUT2D eigenvalue weighted by atomic mass is 10.2. The van der Waals surface area contributed by atoms with Gasteiger partial charge in [-0.05, 0) is 13.0 Å². The summed E-state index contributed by atoms with van der Waals surface area (Å²) < 4.78 is 1.37. The third-order valence-corrected chi connectivity index (χ3v) is 2.84. The third-order valence-electron chi connectivity index (χ3n) is 1.82. The van der Waals surface area contributed by atoms with Crippen molar-refractivity contribution >= 4 is 21.4 Å². The highest BCUT2D eigenvalue weighted by molar-refractivity contribution is 7.19. The molecule has 0 aromatic carbocycles. The van der Waals surface area contributed by atoms with E-state index in [0.717, 1.165) is 0 Å². The zero-order valence-corrected chi connectivity index (χ0v) is 8.59. The standard InChI is InChI=1S/C9H9NS.ClH/c1-6-5-8-7(2)10-4-3-9(8)11-6;/h3-5H,1-2H3;1H. The predicted molar refractivity (Wildman–Crippen MR) is 47.9 cm³/mol. The van der Waals surface area contributed by atoms with E-state index in [1.54, 1.807) is 0 Å². The topological polar surface area (TPSA) is 14.1 Å². The van der Waals surface area contributed by atoms with Crippen molar-refractivity contribution in [1.82, 2.24) is 0 Å². The highest BCUT2D eigenvalue weighted by Crippen LogP contribution is 2.24. The number of aromatic nitrogens is 1. The average molecular weight is 200 g/mol. The van der Waals surface area contributed by atoms with E-state index >= 15 is 0 Å². The molecule has 2 aromatic heterocycles. The van der Waals surface area contributed by atoms with Crippen LogP contribution in [0.4, 0.5) is 0 Å². The summed E-state index contributed by atoms with van der Waals surface area (Å²) in [6.07, 6.45) is 1.99. The first-order chi connectivity index (χ1) is 5.27. The monoisotopic (exact) mass is 199 g/mol. The molecule has 0 radical (unpaired) electrons. The fourth-order valence-corrected chi connectivity index (χ4v) is 2.25. The van der Waals surface area contributed by atoms with E-state index < -0.39 is 0 Å². The number of aryl methyl sites for hydroxylation is 2. The van der Waals surface area contributed by atoms with Crippen LogP contribution in [0.3, 0.4) is 0 Å². The summed E-state index contributed by atoms with van der Waals surface area (Å²) in [6.45, 7) is 4.25. The molecule has 0 aliphatic rings. The molecule has 0 fully saturated rings. The lowest BCUT2D eigenvalue weighted by Gasteiger charge is -1.84. The van der Waals surface area contributed by atoms with Crippen LogP contribution in [0.1, 0.15) is 10.6 Å². The fraction of sp³-hybridized carbons (Fsp3) is 0.222. The van der Waals surface area contributed by atoms with Gasteiger partial charge in [-0.1, -0.05) is 0 Å². The molecule has 0 saturated heterocycles. The molecule has 3 heteroatoms. The third kappa shape index (κ3) is 1.45. The van der Waals surface area contributed by atoms with Gasteiger partial charge in [0.1, 0.15) is 0 Å². The van der Waals surface area contributed by atoms with E-state index in [0.29, 0.717) is 0 Å². The molecule has 1 nitrogen and oxygen atoms in total. The van der Waals surface area contributed by atoms with E-state index in [-0.39, 0.29) is 12.4 Å². The number of nitrogens with one attached hydrogen (secondary N) is 1. The fourth-order valence-electron chi connectivity index (χ4n) is 1.27. The Kier molecular flexibility index (Phi) is 2.70. The van der Waals surface area contributed by atoms with Gasteiger partial charge in [-0.15, -0.1) is 11.3 Å². The summed E-state index contributed by atoms with van der Waals surface area (Å²) >= 11 is 1.85. The maximum Gasteiger partial charge on any atom is 0.185 e. The van der Waals surface area contributed by atoms with Crippen LogP contribution in [-0.2, 0) is 0 Å². The van der Waals surface area contributed by atoms with Gasteiger partial charge in [0.15, 0.2) is 11.9 Å². The van der Waals surface area contributed by atoms with Crippen molar-refractivity contribution in [3.63, 3.8) is 0 Å². The van der Waals surface area contributed by atoms with Crippen LogP contribution >= 0.6 is 11.3 Å². The maximum absolute atomic E-state index is 3.19. The molecule has 0 aliphatic carbocycles. The molecule has 0 bridgehead atoms. The van der Waals surface area contributed by atoms with Crippen LogP contribution < -0.4 is 17.4 Å². The number of pyridine rings is 1. The molecule has 0 aliphatic heterocycles. The predicted octanol–water partition coefficient (Wildman–Crippen LogP) is -0.664. The van der Waals surface area contributed by atoms with Crippen LogP contribution in [0.15, 0.2) is 18.3 Å². The lowest BCUT2D eigenvalue weighted by molar-refractivity contribution is -0.385. The number of rotatable bonds is 0. The molecule has 1 N–H and O–H groups in total. The normalized spacial score (nSPS) is 9.83. The molecule has 2 aromatic rings. The van der Waals surface area contributed by atoms with Crippen molar-refractivity contribution < 1.29 is 17.4 Å². The first-order valence-corrected chi connectivity index (χ1v) is 4.46. The zero-order valence-electron chi connectivity index (χ0n) is 7.02. The van der Waals surface area contributed by atoms with E-state index in [2.05, 4.69) is 31.0 Å². The van der Waals surface area contributed by atoms with Gasteiger partial charge in [0.05, 0.1) is 5.39 Å². The number of H-pyrrole nitrogens is 1. The molecule has 2 heterocycles. The molecule has 12 heavy (non-hydrogen) atoms. The van der Waals surface area contributed by atoms with E-state index in [1.165, 1.54) is 20.7 Å². The van der Waals surface area contributed by atoms with Gasteiger partial charge in [0.2, 0.25) is 0 Å². The Morgan fingerprint density at radius 2 is 2.08 bits per heavy atom. The largest absolute Gasteiger partial charge is 1.00 e. The molecule has 0 spiro atoms. The van der Waals surface area contributed by atoms with Crippen LogP contribution in [-0.4, -0.2) is 0 Å². The van der Waals surface area contributed by atoms with Crippen LogP contribution in [0.25, 0.3) is 10.1 Å². The Bertz CT molecular complexity index is 394. The Morgan fingerprint density at radius 3 is 2.75 bits per heavy atom. The Balaban J connectivity index is 0.000000720. The van der Waals surface area contributed by atoms with Crippen LogP contribution in [0.2, 0.25) is 0 Å². The van der Waals surface area contributed by atoms with Gasteiger partial charge < -0.3 is 12.4 Å². The average Bonchev–Trinajstić information content (AvgIpc) is 2.31. The molecule has 0 amide bonds. The summed E-state index contributed by atoms with van der Waals surface area (Å²) in [4.78, 5) is 4.57. The number of halogens is 1. The van der Waals surface area contributed by atoms with Crippen molar-refractivity contribution in [2.24, 2.45) is 0 Å². The highest BCUT2D eigenvalue weighted by Gasteiger charge is 2.04. The van der Waals surface area contributed by atoms with Crippen molar-refractivity contribution in [3.05, 3.63) is 28.9 Å². The van der Waals surface area contributed by atoms with Crippen LogP contribution in [0.5, 0.6) is 0 Å². The smallest absolute Gasteiger partial charge is 0.185 e. The summed E-state index contributed by atoms with van der Waals surface area (Å²) in [5.74, 6) is 0. The number of thiophene rings is 1. The van der Waals surface area contributed by atoms with Gasteiger partial charge in [-0.25, -0.2) is 4.98 Å². The molecular formula is C9H10ClNS. The minimum absolute atomic E-state index is 0. The first-order valence-electron chi connectivity index (χ1n) is 3.65. The minimum atomic E-state index is 0. The summed E-state index contributed by atoms with van der Waals surface area (Å²) in [5, 5.41) is 1.36. The van der Waals surface area contributed by atoms with Gasteiger partial charge in [-0.2, -0.15) is 0 Å². The van der Waals surface area contributed by atoms with Crippen molar-refractivity contribution in [2.45, 2.75) is 13.8 Å². The van der Waals surface area contributed by atoms with Gasteiger partial charge in [0.25, 0.3) is 0 Å². The molecule has 0 atom stereocenters. The minimum Gasteiger partial charge on any atom is -1.00 e. The number of hydrogen-bond acceptors (Lipinski definition) is 1. The van der Waals surface area contributed by atoms with Gasteiger partial charge in [0, 0.05) is 22.6 Å². The summed E-state index contributed by atoms with van der Waals surface area (Å²) in [7, 11) is 0. The Morgan fingerprint density at radius 1 is 1.33 bits per heavy atom. The second-order valence-corrected chi connectivity index (χ2v) is 4.03. The number of aromatic amines is 1. The van der Waals surface area contributed by atoms with E-state index in [9.17, 15) is 0 Å². The van der Waals surface area contributed by atoms with Gasteiger partial charge >= 0.3 is 0 Å².